The lowest BCUT2D eigenvalue weighted by atomic mass is 10.1. The number of nitrogens with zero attached hydrogens (tertiary/aromatic N) is 3. The summed E-state index contributed by atoms with van der Waals surface area (Å²) in [5.41, 5.74) is 0.704. The number of anilines is 1. The molecular formula is C20H14F2N4O2S. The van der Waals surface area contributed by atoms with Crippen molar-refractivity contribution in [1.29, 1.82) is 0 Å². The third kappa shape index (κ3) is 3.40. The first-order valence-corrected chi connectivity index (χ1v) is 9.38. The number of amides is 1. The average molecular weight is 412 g/mol. The second-order valence-electron chi connectivity index (χ2n) is 6.36. The van der Waals surface area contributed by atoms with E-state index in [1.807, 2.05) is 0 Å². The third-order valence-corrected chi connectivity index (χ3v) is 5.13. The fraction of sp³-hybridized carbons (Fsp3) is 0.100. The normalized spacial score (nSPS) is 11.0. The highest BCUT2D eigenvalue weighted by molar-refractivity contribution is 7.08. The predicted octanol–water partition coefficient (Wildman–Crippen LogP) is 3.99. The zero-order chi connectivity index (χ0) is 20.7. The summed E-state index contributed by atoms with van der Waals surface area (Å²) in [5, 5.41) is 7.87. The number of halogens is 2. The molecule has 0 atom stereocenters. The molecule has 0 aliphatic rings. The molecule has 29 heavy (non-hydrogen) atoms. The van der Waals surface area contributed by atoms with Crippen LogP contribution >= 0.6 is 11.3 Å². The van der Waals surface area contributed by atoms with E-state index in [1.54, 1.807) is 19.9 Å². The number of hydrogen-bond acceptors (Lipinski definition) is 5. The minimum Gasteiger partial charge on any atom is -0.306 e. The number of pyridine rings is 1. The van der Waals surface area contributed by atoms with E-state index in [4.69, 9.17) is 0 Å². The largest absolute Gasteiger partial charge is 0.329 e. The summed E-state index contributed by atoms with van der Waals surface area (Å²) >= 11 is 0.941. The van der Waals surface area contributed by atoms with E-state index in [9.17, 15) is 18.4 Å². The van der Waals surface area contributed by atoms with Crippen molar-refractivity contribution in [3.63, 3.8) is 0 Å². The maximum absolute atomic E-state index is 14.6. The van der Waals surface area contributed by atoms with Gasteiger partial charge in [0.05, 0.1) is 11.3 Å². The van der Waals surface area contributed by atoms with Gasteiger partial charge < -0.3 is 5.32 Å². The summed E-state index contributed by atoms with van der Waals surface area (Å²) in [4.78, 5) is 28.3. The fourth-order valence-corrected chi connectivity index (χ4v) is 3.66. The Balaban J connectivity index is 1.70. The number of fused-ring (bicyclic) bond motifs is 1. The van der Waals surface area contributed by atoms with Crippen molar-refractivity contribution in [3.05, 3.63) is 80.0 Å². The Kier molecular flexibility index (Phi) is 4.67. The highest BCUT2D eigenvalue weighted by Gasteiger charge is 2.17. The quantitative estimate of drug-likeness (QED) is 0.552. The highest BCUT2D eigenvalue weighted by atomic mass is 32.1. The smallest absolute Gasteiger partial charge is 0.306 e. The van der Waals surface area contributed by atoms with Crippen LogP contribution in [0.1, 0.15) is 20.9 Å². The highest BCUT2D eigenvalue weighted by Crippen LogP contribution is 2.27. The molecular weight excluding hydrogens is 398 g/mol. The van der Waals surface area contributed by atoms with E-state index in [0.29, 0.717) is 15.8 Å². The Labute approximate surface area is 167 Å². The lowest BCUT2D eigenvalue weighted by molar-refractivity contribution is 0.102. The molecule has 2 heterocycles. The summed E-state index contributed by atoms with van der Waals surface area (Å²) in [6.45, 7) is 3.44. The number of carbonyl (C=O) groups is 1. The first-order chi connectivity index (χ1) is 13.8. The van der Waals surface area contributed by atoms with Gasteiger partial charge in [-0.25, -0.2) is 13.8 Å². The van der Waals surface area contributed by atoms with Crippen molar-refractivity contribution in [3.8, 4) is 5.69 Å². The van der Waals surface area contributed by atoms with Crippen LogP contribution in [0.2, 0.25) is 0 Å². The molecule has 1 N–H and O–H groups in total. The zero-order valence-corrected chi connectivity index (χ0v) is 16.2. The molecule has 0 unspecified atom stereocenters. The fourth-order valence-electron chi connectivity index (χ4n) is 3.06. The Hall–Kier alpha value is -3.46. The molecule has 1 amide bonds. The van der Waals surface area contributed by atoms with Crippen LogP contribution in [0.3, 0.4) is 0 Å². The van der Waals surface area contributed by atoms with Crippen LogP contribution in [-0.2, 0) is 0 Å². The Bertz CT molecular complexity index is 1330. The van der Waals surface area contributed by atoms with E-state index < -0.39 is 17.5 Å². The van der Waals surface area contributed by atoms with Gasteiger partial charge in [0.25, 0.3) is 5.91 Å². The molecule has 0 saturated heterocycles. The standard InChI is InChI=1S/C20H14F2N4O2S/c1-10-3-6-15(21)13-7-8-23-18(17(10)13)24-19(27)14-5-4-12(9-16(14)22)26-20(28)29-11(2)25-26/h3-9H,1-2H3,(H,23,24,27). The number of aryl methyl sites for hydroxylation is 2. The molecule has 0 saturated carbocycles. The van der Waals surface area contributed by atoms with Gasteiger partial charge in [0.1, 0.15) is 22.5 Å². The van der Waals surface area contributed by atoms with Crippen molar-refractivity contribution < 1.29 is 13.6 Å². The van der Waals surface area contributed by atoms with Gasteiger partial charge in [-0.2, -0.15) is 9.78 Å². The molecule has 0 spiro atoms. The molecule has 2 aromatic heterocycles. The van der Waals surface area contributed by atoms with Crippen LogP contribution in [0.15, 0.2) is 47.4 Å². The van der Waals surface area contributed by atoms with E-state index >= 15 is 0 Å². The van der Waals surface area contributed by atoms with E-state index in [1.165, 1.54) is 30.5 Å². The summed E-state index contributed by atoms with van der Waals surface area (Å²) in [6.07, 6.45) is 1.37. The van der Waals surface area contributed by atoms with Crippen LogP contribution in [-0.4, -0.2) is 20.7 Å². The lowest BCUT2D eigenvalue weighted by Gasteiger charge is -2.11. The minimum atomic E-state index is -0.819. The van der Waals surface area contributed by atoms with E-state index in [2.05, 4.69) is 15.4 Å². The molecule has 0 fully saturated rings. The van der Waals surface area contributed by atoms with Crippen molar-refractivity contribution >= 4 is 33.8 Å². The Morgan fingerprint density at radius 3 is 2.59 bits per heavy atom. The molecule has 4 aromatic rings. The van der Waals surface area contributed by atoms with Gasteiger partial charge in [-0.05, 0) is 43.7 Å². The number of aromatic nitrogens is 3. The molecule has 2 aromatic carbocycles. The Morgan fingerprint density at radius 1 is 1.10 bits per heavy atom. The molecule has 0 aliphatic carbocycles. The van der Waals surface area contributed by atoms with Crippen LogP contribution in [0, 0.1) is 25.5 Å². The summed E-state index contributed by atoms with van der Waals surface area (Å²) < 4.78 is 29.8. The molecule has 0 aliphatic heterocycles. The van der Waals surface area contributed by atoms with Crippen molar-refractivity contribution in [1.82, 2.24) is 14.8 Å². The van der Waals surface area contributed by atoms with Gasteiger partial charge in [0.2, 0.25) is 0 Å². The monoisotopic (exact) mass is 412 g/mol. The van der Waals surface area contributed by atoms with Crippen LogP contribution < -0.4 is 10.2 Å². The topological polar surface area (TPSA) is 76.9 Å². The van der Waals surface area contributed by atoms with Gasteiger partial charge in [0.15, 0.2) is 0 Å². The van der Waals surface area contributed by atoms with Gasteiger partial charge >= 0.3 is 4.87 Å². The maximum Gasteiger partial charge on any atom is 0.329 e. The van der Waals surface area contributed by atoms with Gasteiger partial charge in [0, 0.05) is 23.0 Å². The van der Waals surface area contributed by atoms with Crippen LogP contribution in [0.25, 0.3) is 16.5 Å². The summed E-state index contributed by atoms with van der Waals surface area (Å²) in [5.74, 6) is -1.86. The molecule has 0 radical (unpaired) electrons. The van der Waals surface area contributed by atoms with Crippen molar-refractivity contribution in [2.24, 2.45) is 0 Å². The first-order valence-electron chi connectivity index (χ1n) is 8.57. The van der Waals surface area contributed by atoms with E-state index in [0.717, 1.165) is 27.6 Å². The number of nitrogens with one attached hydrogen (secondary N) is 1. The maximum atomic E-state index is 14.6. The van der Waals surface area contributed by atoms with Crippen LogP contribution in [0.4, 0.5) is 14.6 Å². The van der Waals surface area contributed by atoms with Gasteiger partial charge in [-0.3, -0.25) is 9.59 Å². The first kappa shape index (κ1) is 18.9. The number of carbonyl (C=O) groups excluding carboxylic acids is 1. The second-order valence-corrected chi connectivity index (χ2v) is 7.51. The molecule has 6 nitrogen and oxygen atoms in total. The number of rotatable bonds is 3. The SMILES string of the molecule is Cc1nn(-c2ccc(C(=O)Nc3nccc4c(F)ccc(C)c34)c(F)c2)c(=O)s1. The molecule has 9 heteroatoms. The average Bonchev–Trinajstić information content (AvgIpc) is 3.02. The third-order valence-electron chi connectivity index (χ3n) is 4.40. The predicted molar refractivity (Wildman–Crippen MR) is 107 cm³/mol. The molecule has 4 rings (SSSR count). The summed E-state index contributed by atoms with van der Waals surface area (Å²) in [7, 11) is 0. The molecule has 146 valence electrons. The summed E-state index contributed by atoms with van der Waals surface area (Å²) in [6, 6.07) is 8.19. The minimum absolute atomic E-state index is 0.138. The van der Waals surface area contributed by atoms with Gasteiger partial charge in [-0.1, -0.05) is 17.4 Å². The molecule has 0 bridgehead atoms. The van der Waals surface area contributed by atoms with Crippen molar-refractivity contribution in [2.45, 2.75) is 13.8 Å². The van der Waals surface area contributed by atoms with Crippen molar-refractivity contribution in [2.75, 3.05) is 5.32 Å². The Morgan fingerprint density at radius 2 is 1.90 bits per heavy atom. The van der Waals surface area contributed by atoms with E-state index in [-0.39, 0.29) is 21.9 Å². The van der Waals surface area contributed by atoms with Gasteiger partial charge in [-0.15, -0.1) is 0 Å². The number of benzene rings is 2. The second kappa shape index (κ2) is 7.17. The van der Waals surface area contributed by atoms with Crippen LogP contribution in [0.5, 0.6) is 0 Å². The zero-order valence-electron chi connectivity index (χ0n) is 15.4. The number of hydrogen-bond donors (Lipinski definition) is 1. The lowest BCUT2D eigenvalue weighted by Crippen LogP contribution is -2.17.